The predicted molar refractivity (Wildman–Crippen MR) is 110 cm³/mol. The molecule has 1 aliphatic rings. The maximum atomic E-state index is 12.9. The number of aromatic hydroxyl groups is 3. The predicted octanol–water partition coefficient (Wildman–Crippen LogP) is 3.56. The first-order valence-corrected chi connectivity index (χ1v) is 9.43. The van der Waals surface area contributed by atoms with Crippen molar-refractivity contribution in [3.8, 4) is 23.0 Å². The van der Waals surface area contributed by atoms with E-state index in [0.29, 0.717) is 24.0 Å². The number of Topliss-reactive ketones (excluding diaryl/α,β-unsaturated/α-hetero) is 1. The van der Waals surface area contributed by atoms with Crippen LogP contribution in [0.25, 0.3) is 21.5 Å². The van der Waals surface area contributed by atoms with Gasteiger partial charge in [-0.25, -0.2) is 0 Å². The van der Waals surface area contributed by atoms with Gasteiger partial charge in [0.15, 0.2) is 5.43 Å². The molecule has 4 rings (SSSR count). The van der Waals surface area contributed by atoms with Crippen LogP contribution in [0.15, 0.2) is 29.1 Å². The third kappa shape index (κ3) is 2.63. The highest BCUT2D eigenvalue weighted by atomic mass is 16.5. The number of phenolic OH excluding ortho intramolecular Hbond substituents is 2. The number of phenols is 2. The number of carbonyl (C=O) groups excluding carboxylic acids is 1. The summed E-state index contributed by atoms with van der Waals surface area (Å²) in [6, 6.07) is 6.02. The Bertz CT molecular complexity index is 1260. The first kappa shape index (κ1) is 19.1. The van der Waals surface area contributed by atoms with Crippen molar-refractivity contribution in [3.63, 3.8) is 0 Å². The van der Waals surface area contributed by atoms with Crippen LogP contribution in [0.4, 0.5) is 0 Å². The topological polar surface area (TPSA) is 104 Å². The molecule has 3 aromatic carbocycles. The molecule has 29 heavy (non-hydrogen) atoms. The minimum atomic E-state index is -0.655. The van der Waals surface area contributed by atoms with E-state index in [4.69, 9.17) is 4.74 Å². The fourth-order valence-electron chi connectivity index (χ4n) is 4.35. The summed E-state index contributed by atoms with van der Waals surface area (Å²) in [5.41, 5.74) is -0.146. The van der Waals surface area contributed by atoms with Crippen LogP contribution in [0.1, 0.15) is 31.4 Å². The van der Waals surface area contributed by atoms with Crippen LogP contribution in [0.2, 0.25) is 0 Å². The zero-order valence-electron chi connectivity index (χ0n) is 16.5. The molecule has 0 radical (unpaired) electrons. The van der Waals surface area contributed by atoms with Crippen molar-refractivity contribution in [1.82, 2.24) is 0 Å². The van der Waals surface area contributed by atoms with Crippen LogP contribution in [0.5, 0.6) is 23.0 Å². The molecular formula is C23H22O6. The van der Waals surface area contributed by atoms with E-state index in [1.165, 1.54) is 20.1 Å². The summed E-state index contributed by atoms with van der Waals surface area (Å²) in [7, 11) is 1.43. The maximum absolute atomic E-state index is 12.9. The number of ketones is 1. The summed E-state index contributed by atoms with van der Waals surface area (Å²) in [5, 5.41) is 33.6. The number of hydrogen-bond donors (Lipinski definition) is 3. The molecule has 0 saturated heterocycles. The van der Waals surface area contributed by atoms with E-state index in [1.54, 1.807) is 18.2 Å². The lowest BCUT2D eigenvalue weighted by molar-refractivity contribution is -0.126. The lowest BCUT2D eigenvalue weighted by Crippen LogP contribution is -2.32. The second-order valence-corrected chi connectivity index (χ2v) is 7.98. The number of hydrogen-bond acceptors (Lipinski definition) is 6. The Labute approximate surface area is 167 Å². The fraction of sp³-hybridized carbons (Fsp3) is 0.304. The van der Waals surface area contributed by atoms with E-state index in [2.05, 4.69) is 0 Å². The summed E-state index contributed by atoms with van der Waals surface area (Å²) in [4.78, 5) is 25.0. The van der Waals surface area contributed by atoms with E-state index < -0.39 is 10.8 Å². The van der Waals surface area contributed by atoms with Gasteiger partial charge in [0.2, 0.25) is 0 Å². The molecule has 0 aliphatic heterocycles. The molecular weight excluding hydrogens is 372 g/mol. The molecule has 3 aromatic rings. The summed E-state index contributed by atoms with van der Waals surface area (Å²) in [6.07, 6.45) is 1.14. The number of rotatable bonds is 2. The molecule has 0 fully saturated rings. The summed E-state index contributed by atoms with van der Waals surface area (Å²) in [5.74, 6) is -0.408. The van der Waals surface area contributed by atoms with Gasteiger partial charge in [-0.05, 0) is 38.3 Å². The Morgan fingerprint density at radius 3 is 2.41 bits per heavy atom. The third-order valence-corrected chi connectivity index (χ3v) is 6.30. The SMILES string of the molecule is COc1cccc2c(=O)cc3c(O)c4c(c(O)c3c(O)c12)CCC(C)(C(C)=O)C4. The highest BCUT2D eigenvalue weighted by molar-refractivity contribution is 6.08. The number of ether oxygens (including phenoxy) is 1. The summed E-state index contributed by atoms with van der Waals surface area (Å²) in [6.45, 7) is 3.35. The van der Waals surface area contributed by atoms with Crippen molar-refractivity contribution >= 4 is 27.3 Å². The molecule has 1 aliphatic carbocycles. The summed E-state index contributed by atoms with van der Waals surface area (Å²) < 4.78 is 5.31. The number of carbonyl (C=O) groups is 1. The van der Waals surface area contributed by atoms with Gasteiger partial charge in [0, 0.05) is 27.3 Å². The standard InChI is InChI=1S/C23H22O6/c1-11(24)23(2)8-7-12-15(10-23)20(26)14-9-16(25)13-5-4-6-17(29-3)18(13)22(28)19(14)21(12)27/h4-6,9,26-28H,7-8,10H2,1-3H3. The van der Waals surface area contributed by atoms with E-state index in [-0.39, 0.29) is 56.7 Å². The molecule has 0 saturated carbocycles. The van der Waals surface area contributed by atoms with Crippen molar-refractivity contribution < 1.29 is 24.9 Å². The van der Waals surface area contributed by atoms with Gasteiger partial charge in [-0.2, -0.15) is 0 Å². The molecule has 1 unspecified atom stereocenters. The first-order valence-electron chi connectivity index (χ1n) is 9.43. The van der Waals surface area contributed by atoms with Gasteiger partial charge in [0.1, 0.15) is 28.8 Å². The lowest BCUT2D eigenvalue weighted by atomic mass is 9.70. The third-order valence-electron chi connectivity index (χ3n) is 6.30. The fourth-order valence-corrected chi connectivity index (χ4v) is 4.35. The Morgan fingerprint density at radius 2 is 1.76 bits per heavy atom. The van der Waals surface area contributed by atoms with Crippen molar-refractivity contribution in [1.29, 1.82) is 0 Å². The number of methoxy groups -OCH3 is 1. The molecule has 6 heteroatoms. The lowest BCUT2D eigenvalue weighted by Gasteiger charge is -2.33. The minimum absolute atomic E-state index is 0.00332. The van der Waals surface area contributed by atoms with E-state index in [1.807, 2.05) is 6.92 Å². The molecule has 0 bridgehead atoms. The Morgan fingerprint density at radius 1 is 1.03 bits per heavy atom. The Kier molecular flexibility index (Phi) is 4.19. The molecule has 6 nitrogen and oxygen atoms in total. The van der Waals surface area contributed by atoms with Crippen molar-refractivity contribution in [2.45, 2.75) is 33.1 Å². The zero-order chi connectivity index (χ0) is 21.1. The average Bonchev–Trinajstić information content (AvgIpc) is 2.81. The first-order chi connectivity index (χ1) is 13.7. The van der Waals surface area contributed by atoms with E-state index in [9.17, 15) is 24.9 Å². The quantitative estimate of drug-likeness (QED) is 0.574. The Balaban J connectivity index is 2.20. The van der Waals surface area contributed by atoms with Gasteiger partial charge < -0.3 is 20.1 Å². The van der Waals surface area contributed by atoms with Crippen LogP contribution in [-0.4, -0.2) is 28.2 Å². The van der Waals surface area contributed by atoms with Crippen molar-refractivity contribution in [2.75, 3.05) is 7.11 Å². The largest absolute Gasteiger partial charge is 0.507 e. The van der Waals surface area contributed by atoms with Crippen molar-refractivity contribution in [3.05, 3.63) is 45.6 Å². The second-order valence-electron chi connectivity index (χ2n) is 7.98. The zero-order valence-corrected chi connectivity index (χ0v) is 16.5. The average molecular weight is 394 g/mol. The Hall–Kier alpha value is -3.28. The molecule has 0 aromatic heterocycles. The molecule has 0 spiro atoms. The van der Waals surface area contributed by atoms with E-state index >= 15 is 0 Å². The van der Waals surface area contributed by atoms with Crippen LogP contribution >= 0.6 is 0 Å². The van der Waals surface area contributed by atoms with Gasteiger partial charge in [-0.1, -0.05) is 19.1 Å². The summed E-state index contributed by atoms with van der Waals surface area (Å²) >= 11 is 0. The molecule has 0 amide bonds. The van der Waals surface area contributed by atoms with Gasteiger partial charge in [0.25, 0.3) is 0 Å². The van der Waals surface area contributed by atoms with Gasteiger partial charge in [-0.3, -0.25) is 9.59 Å². The van der Waals surface area contributed by atoms with E-state index in [0.717, 1.165) is 0 Å². The highest BCUT2D eigenvalue weighted by Crippen LogP contribution is 2.50. The van der Waals surface area contributed by atoms with Gasteiger partial charge in [0.05, 0.1) is 17.9 Å². The number of fused-ring (bicyclic) bond motifs is 3. The monoisotopic (exact) mass is 394 g/mol. The van der Waals surface area contributed by atoms with Crippen LogP contribution < -0.4 is 10.2 Å². The van der Waals surface area contributed by atoms with Crippen molar-refractivity contribution in [2.24, 2.45) is 5.41 Å². The highest BCUT2D eigenvalue weighted by Gasteiger charge is 2.37. The molecule has 1 atom stereocenters. The van der Waals surface area contributed by atoms with Crippen LogP contribution in [0.3, 0.4) is 0 Å². The maximum Gasteiger partial charge on any atom is 0.187 e. The van der Waals surface area contributed by atoms with Gasteiger partial charge >= 0.3 is 0 Å². The smallest absolute Gasteiger partial charge is 0.187 e. The molecule has 3 N–H and O–H groups in total. The molecule has 0 heterocycles. The second kappa shape index (κ2) is 6.37. The van der Waals surface area contributed by atoms with Crippen LogP contribution in [-0.2, 0) is 17.6 Å². The van der Waals surface area contributed by atoms with Gasteiger partial charge in [-0.15, -0.1) is 0 Å². The normalized spacial score (nSPS) is 18.6. The van der Waals surface area contributed by atoms with Crippen LogP contribution in [0, 0.1) is 5.41 Å². The minimum Gasteiger partial charge on any atom is -0.507 e. The number of benzene rings is 2. The molecule has 150 valence electrons.